The van der Waals surface area contributed by atoms with E-state index in [0.29, 0.717) is 5.92 Å². The summed E-state index contributed by atoms with van der Waals surface area (Å²) in [7, 11) is 0. The number of imidazole rings is 1. The topological polar surface area (TPSA) is 38.0 Å². The highest BCUT2D eigenvalue weighted by atomic mass is 16.3. The van der Waals surface area contributed by atoms with E-state index >= 15 is 0 Å². The Morgan fingerprint density at radius 3 is 2.40 bits per heavy atom. The van der Waals surface area contributed by atoms with Gasteiger partial charge in [-0.05, 0) is 56.4 Å². The Morgan fingerprint density at radius 2 is 1.80 bits per heavy atom. The third-order valence-electron chi connectivity index (χ3n) is 4.28. The lowest BCUT2D eigenvalue weighted by molar-refractivity contribution is 0.279. The summed E-state index contributed by atoms with van der Waals surface area (Å²) in [6.07, 6.45) is 3.00. The quantitative estimate of drug-likeness (QED) is 0.866. The predicted octanol–water partition coefficient (Wildman–Crippen LogP) is 3.94. The van der Waals surface area contributed by atoms with Gasteiger partial charge in [-0.1, -0.05) is 13.8 Å². The highest BCUT2D eigenvalue weighted by Gasteiger charge is 2.17. The van der Waals surface area contributed by atoms with Crippen molar-refractivity contribution in [1.82, 2.24) is 9.55 Å². The smallest absolute Gasteiger partial charge is 0.112 e. The molecule has 0 aliphatic carbocycles. The van der Waals surface area contributed by atoms with Crippen LogP contribution in [0.15, 0.2) is 12.1 Å². The molecule has 3 heteroatoms. The predicted molar refractivity (Wildman–Crippen MR) is 84.2 cm³/mol. The van der Waals surface area contributed by atoms with Crippen molar-refractivity contribution in [2.24, 2.45) is 0 Å². The Labute approximate surface area is 121 Å². The molecule has 1 N–H and O–H groups in total. The Hall–Kier alpha value is -1.35. The monoisotopic (exact) mass is 274 g/mol. The lowest BCUT2D eigenvalue weighted by atomic mass is 10.0. The third kappa shape index (κ3) is 2.73. The number of hydrogen-bond acceptors (Lipinski definition) is 2. The molecule has 0 amide bonds. The zero-order valence-corrected chi connectivity index (χ0v) is 13.1. The van der Waals surface area contributed by atoms with Gasteiger partial charge in [-0.15, -0.1) is 0 Å². The highest BCUT2D eigenvalue weighted by molar-refractivity contribution is 5.78. The van der Waals surface area contributed by atoms with Crippen molar-refractivity contribution in [3.63, 3.8) is 0 Å². The summed E-state index contributed by atoms with van der Waals surface area (Å²) in [5, 5.41) is 9.15. The lowest BCUT2D eigenvalue weighted by Gasteiger charge is -2.15. The van der Waals surface area contributed by atoms with Gasteiger partial charge in [0.05, 0.1) is 11.0 Å². The molecule has 0 atom stereocenters. The van der Waals surface area contributed by atoms with E-state index in [-0.39, 0.29) is 6.61 Å². The van der Waals surface area contributed by atoms with Gasteiger partial charge in [0.2, 0.25) is 0 Å². The normalized spacial score (nSPS) is 11.7. The first-order valence-electron chi connectivity index (χ1n) is 7.70. The molecular weight excluding hydrogens is 248 g/mol. The molecule has 0 saturated carbocycles. The van der Waals surface area contributed by atoms with Crippen LogP contribution in [0.2, 0.25) is 0 Å². The molecular formula is C17H26N2O. The Balaban J connectivity index is 2.59. The fraction of sp³-hybridized carbons (Fsp3) is 0.588. The standard InChI is InChI=1S/C17H26N2O/c1-5-14(6-2)17-18-15-10-12(3)13(4)11-16(15)19(17)8-7-9-20/h10-11,14,20H,5-9H2,1-4H3. The van der Waals surface area contributed by atoms with Crippen LogP contribution in [0.1, 0.15) is 56.0 Å². The van der Waals surface area contributed by atoms with Crippen molar-refractivity contribution in [1.29, 1.82) is 0 Å². The summed E-state index contributed by atoms with van der Waals surface area (Å²) < 4.78 is 2.32. The van der Waals surface area contributed by atoms with Gasteiger partial charge in [-0.25, -0.2) is 4.98 Å². The first-order chi connectivity index (χ1) is 9.62. The van der Waals surface area contributed by atoms with E-state index in [2.05, 4.69) is 44.4 Å². The molecule has 2 rings (SSSR count). The number of rotatable bonds is 6. The average Bonchev–Trinajstić information content (AvgIpc) is 2.76. The van der Waals surface area contributed by atoms with E-state index in [0.717, 1.165) is 31.3 Å². The molecule has 20 heavy (non-hydrogen) atoms. The van der Waals surface area contributed by atoms with Gasteiger partial charge < -0.3 is 9.67 Å². The summed E-state index contributed by atoms with van der Waals surface area (Å²) in [6, 6.07) is 4.42. The molecule has 0 spiro atoms. The van der Waals surface area contributed by atoms with E-state index in [1.54, 1.807) is 0 Å². The molecule has 1 aromatic heterocycles. The highest BCUT2D eigenvalue weighted by Crippen LogP contribution is 2.28. The average molecular weight is 274 g/mol. The van der Waals surface area contributed by atoms with Crippen molar-refractivity contribution in [3.8, 4) is 0 Å². The van der Waals surface area contributed by atoms with Crippen LogP contribution in [0.5, 0.6) is 0 Å². The third-order valence-corrected chi connectivity index (χ3v) is 4.28. The molecule has 0 unspecified atom stereocenters. The van der Waals surface area contributed by atoms with Crippen LogP contribution >= 0.6 is 0 Å². The summed E-state index contributed by atoms with van der Waals surface area (Å²) in [5.41, 5.74) is 4.90. The maximum absolute atomic E-state index is 9.15. The molecule has 0 saturated heterocycles. The summed E-state index contributed by atoms with van der Waals surface area (Å²) in [6.45, 7) is 9.81. The molecule has 2 aromatic rings. The van der Waals surface area contributed by atoms with Gasteiger partial charge in [0, 0.05) is 19.1 Å². The van der Waals surface area contributed by atoms with Crippen LogP contribution in [0.4, 0.5) is 0 Å². The minimum atomic E-state index is 0.229. The molecule has 0 bridgehead atoms. The second-order valence-electron chi connectivity index (χ2n) is 5.64. The SMILES string of the molecule is CCC(CC)c1nc2cc(C)c(C)cc2n1CCCO. The van der Waals surface area contributed by atoms with E-state index in [4.69, 9.17) is 10.1 Å². The van der Waals surface area contributed by atoms with Crippen molar-refractivity contribution in [3.05, 3.63) is 29.1 Å². The number of aliphatic hydroxyl groups excluding tert-OH is 1. The lowest BCUT2D eigenvalue weighted by Crippen LogP contribution is -2.09. The summed E-state index contributed by atoms with van der Waals surface area (Å²) in [5.74, 6) is 1.69. The van der Waals surface area contributed by atoms with Crippen molar-refractivity contribution in [2.75, 3.05) is 6.61 Å². The minimum absolute atomic E-state index is 0.229. The maximum Gasteiger partial charge on any atom is 0.112 e. The molecule has 1 aromatic carbocycles. The van der Waals surface area contributed by atoms with Crippen LogP contribution in [-0.2, 0) is 6.54 Å². The minimum Gasteiger partial charge on any atom is -0.396 e. The van der Waals surface area contributed by atoms with Crippen LogP contribution in [0.25, 0.3) is 11.0 Å². The van der Waals surface area contributed by atoms with Gasteiger partial charge in [0.15, 0.2) is 0 Å². The fourth-order valence-electron chi connectivity index (χ4n) is 2.83. The summed E-state index contributed by atoms with van der Waals surface area (Å²) >= 11 is 0. The molecule has 0 fully saturated rings. The number of nitrogens with zero attached hydrogens (tertiary/aromatic N) is 2. The Morgan fingerprint density at radius 1 is 1.15 bits per heavy atom. The van der Waals surface area contributed by atoms with E-state index in [9.17, 15) is 0 Å². The second kappa shape index (κ2) is 6.40. The summed E-state index contributed by atoms with van der Waals surface area (Å²) in [4.78, 5) is 4.89. The van der Waals surface area contributed by atoms with E-state index in [1.165, 1.54) is 22.5 Å². The Kier molecular flexibility index (Phi) is 4.81. The maximum atomic E-state index is 9.15. The molecule has 3 nitrogen and oxygen atoms in total. The second-order valence-corrected chi connectivity index (χ2v) is 5.64. The van der Waals surface area contributed by atoms with Crippen LogP contribution < -0.4 is 0 Å². The van der Waals surface area contributed by atoms with Crippen molar-refractivity contribution in [2.45, 2.75) is 59.4 Å². The van der Waals surface area contributed by atoms with Crippen LogP contribution in [-0.4, -0.2) is 21.3 Å². The van der Waals surface area contributed by atoms with Crippen LogP contribution in [0.3, 0.4) is 0 Å². The van der Waals surface area contributed by atoms with E-state index in [1.807, 2.05) is 0 Å². The van der Waals surface area contributed by atoms with Crippen molar-refractivity contribution < 1.29 is 5.11 Å². The molecule has 110 valence electrons. The largest absolute Gasteiger partial charge is 0.396 e. The molecule has 0 radical (unpaired) electrons. The molecule has 0 aliphatic heterocycles. The van der Waals surface area contributed by atoms with Gasteiger partial charge in [0.1, 0.15) is 5.82 Å². The van der Waals surface area contributed by atoms with Gasteiger partial charge in [-0.3, -0.25) is 0 Å². The number of aryl methyl sites for hydroxylation is 3. The molecule has 1 heterocycles. The fourth-order valence-corrected chi connectivity index (χ4v) is 2.83. The number of aliphatic hydroxyl groups is 1. The number of hydrogen-bond donors (Lipinski definition) is 1. The van der Waals surface area contributed by atoms with E-state index < -0.39 is 0 Å². The zero-order chi connectivity index (χ0) is 14.7. The van der Waals surface area contributed by atoms with Gasteiger partial charge >= 0.3 is 0 Å². The van der Waals surface area contributed by atoms with Crippen LogP contribution in [0, 0.1) is 13.8 Å². The molecule has 0 aliphatic rings. The Bertz CT molecular complexity index is 582. The number of aromatic nitrogens is 2. The zero-order valence-electron chi connectivity index (χ0n) is 13.1. The number of benzene rings is 1. The van der Waals surface area contributed by atoms with Gasteiger partial charge in [0.25, 0.3) is 0 Å². The first-order valence-corrected chi connectivity index (χ1v) is 7.70. The van der Waals surface area contributed by atoms with Crippen molar-refractivity contribution >= 4 is 11.0 Å². The van der Waals surface area contributed by atoms with Gasteiger partial charge in [-0.2, -0.15) is 0 Å². The number of fused-ring (bicyclic) bond motifs is 1. The first kappa shape index (κ1) is 15.0.